The SMILES string of the molecule is O=C(c1ccccc1)c1ccccc1OCC(O)COCC(O)COc1ccccc1C(=O)c1ccccc1. The second-order valence-electron chi connectivity index (χ2n) is 8.85. The van der Waals surface area contributed by atoms with Crippen molar-refractivity contribution in [3.8, 4) is 11.5 Å². The van der Waals surface area contributed by atoms with Crippen molar-refractivity contribution in [1.29, 1.82) is 0 Å². The zero-order valence-electron chi connectivity index (χ0n) is 21.3. The van der Waals surface area contributed by atoms with Gasteiger partial charge in [0.15, 0.2) is 11.6 Å². The minimum Gasteiger partial charge on any atom is -0.490 e. The van der Waals surface area contributed by atoms with Crippen molar-refractivity contribution in [2.75, 3.05) is 26.4 Å². The van der Waals surface area contributed by atoms with Crippen LogP contribution in [0.1, 0.15) is 31.8 Å². The first kappa shape index (κ1) is 27.7. The van der Waals surface area contributed by atoms with E-state index in [0.29, 0.717) is 33.8 Å². The lowest BCUT2D eigenvalue weighted by molar-refractivity contribution is -0.0309. The Labute approximate surface area is 227 Å². The molecule has 4 rings (SSSR count). The number of hydrogen-bond acceptors (Lipinski definition) is 7. The van der Waals surface area contributed by atoms with Crippen LogP contribution in [0, 0.1) is 0 Å². The highest BCUT2D eigenvalue weighted by Gasteiger charge is 2.17. The van der Waals surface area contributed by atoms with Crippen molar-refractivity contribution in [2.45, 2.75) is 12.2 Å². The normalized spacial score (nSPS) is 12.4. The summed E-state index contributed by atoms with van der Waals surface area (Å²) in [6.45, 7) is -0.370. The number of ketones is 2. The first-order valence-electron chi connectivity index (χ1n) is 12.6. The highest BCUT2D eigenvalue weighted by molar-refractivity contribution is 6.11. The second-order valence-corrected chi connectivity index (χ2v) is 8.85. The van der Waals surface area contributed by atoms with Gasteiger partial charge in [0.1, 0.15) is 36.9 Å². The van der Waals surface area contributed by atoms with Crippen molar-refractivity contribution in [2.24, 2.45) is 0 Å². The lowest BCUT2D eigenvalue weighted by Crippen LogP contribution is -2.29. The van der Waals surface area contributed by atoms with Gasteiger partial charge in [-0.15, -0.1) is 0 Å². The molecule has 0 aromatic heterocycles. The van der Waals surface area contributed by atoms with Crippen molar-refractivity contribution in [3.63, 3.8) is 0 Å². The Bertz CT molecular complexity index is 1250. The molecule has 0 radical (unpaired) electrons. The molecule has 39 heavy (non-hydrogen) atoms. The van der Waals surface area contributed by atoms with Crippen LogP contribution < -0.4 is 9.47 Å². The predicted octanol–water partition coefficient (Wildman–Crippen LogP) is 4.34. The van der Waals surface area contributed by atoms with Crippen LogP contribution in [0.5, 0.6) is 11.5 Å². The summed E-state index contributed by atoms with van der Waals surface area (Å²) in [6.07, 6.45) is -1.97. The molecule has 0 amide bonds. The molecular weight excluding hydrogens is 496 g/mol. The number of aliphatic hydroxyl groups excluding tert-OH is 2. The fraction of sp³-hybridized carbons (Fsp3) is 0.188. The number of ether oxygens (including phenoxy) is 3. The minimum absolute atomic E-state index is 0.0884. The molecular formula is C32H30O7. The summed E-state index contributed by atoms with van der Waals surface area (Å²) in [7, 11) is 0. The lowest BCUT2D eigenvalue weighted by atomic mass is 10.0. The lowest BCUT2D eigenvalue weighted by Gasteiger charge is -2.17. The number of para-hydroxylation sites is 2. The summed E-state index contributed by atoms with van der Waals surface area (Å²) in [5.74, 6) is 0.379. The quantitative estimate of drug-likeness (QED) is 0.236. The monoisotopic (exact) mass is 526 g/mol. The van der Waals surface area contributed by atoms with Gasteiger partial charge in [0.05, 0.1) is 24.3 Å². The summed E-state index contributed by atoms with van der Waals surface area (Å²) in [5, 5.41) is 20.6. The molecule has 4 aromatic carbocycles. The van der Waals surface area contributed by atoms with Crippen LogP contribution in [0.2, 0.25) is 0 Å². The third kappa shape index (κ3) is 7.85. The van der Waals surface area contributed by atoms with Gasteiger partial charge in [-0.3, -0.25) is 9.59 Å². The van der Waals surface area contributed by atoms with Crippen molar-refractivity contribution >= 4 is 11.6 Å². The van der Waals surface area contributed by atoms with E-state index in [9.17, 15) is 19.8 Å². The van der Waals surface area contributed by atoms with E-state index in [4.69, 9.17) is 14.2 Å². The number of rotatable bonds is 14. The van der Waals surface area contributed by atoms with E-state index >= 15 is 0 Å². The van der Waals surface area contributed by atoms with E-state index < -0.39 is 12.2 Å². The minimum atomic E-state index is -0.984. The molecule has 0 heterocycles. The van der Waals surface area contributed by atoms with Gasteiger partial charge in [0.25, 0.3) is 0 Å². The van der Waals surface area contributed by atoms with E-state index in [0.717, 1.165) is 0 Å². The molecule has 0 fully saturated rings. The number of hydrogen-bond donors (Lipinski definition) is 2. The molecule has 0 aliphatic rings. The smallest absolute Gasteiger partial charge is 0.196 e. The average molecular weight is 527 g/mol. The topological polar surface area (TPSA) is 102 Å². The van der Waals surface area contributed by atoms with Crippen LogP contribution in [0.4, 0.5) is 0 Å². The standard InChI is InChI=1S/C32H30O7/c33-25(21-38-29-17-9-7-15-27(29)31(35)23-11-3-1-4-12-23)19-37-20-26(34)22-39-30-18-10-8-16-28(30)32(36)24-13-5-2-6-14-24/h1-18,25-26,33-34H,19-22H2. The molecule has 4 aromatic rings. The van der Waals surface area contributed by atoms with Gasteiger partial charge in [-0.1, -0.05) is 84.9 Å². The number of carbonyl (C=O) groups is 2. The van der Waals surface area contributed by atoms with Gasteiger partial charge in [-0.05, 0) is 24.3 Å². The van der Waals surface area contributed by atoms with Crippen LogP contribution >= 0.6 is 0 Å². The maximum absolute atomic E-state index is 12.8. The number of carbonyl (C=O) groups excluding carboxylic acids is 2. The first-order valence-corrected chi connectivity index (χ1v) is 12.6. The van der Waals surface area contributed by atoms with Crippen LogP contribution in [0.15, 0.2) is 109 Å². The largest absolute Gasteiger partial charge is 0.490 e. The maximum atomic E-state index is 12.8. The summed E-state index contributed by atoms with van der Waals surface area (Å²) in [5.41, 5.74) is 1.88. The van der Waals surface area contributed by atoms with Gasteiger partial charge in [-0.2, -0.15) is 0 Å². The Kier molecular flexibility index (Phi) is 9.97. The molecule has 7 heteroatoms. The molecule has 0 bridgehead atoms. The summed E-state index contributed by atoms with van der Waals surface area (Å²) < 4.78 is 16.8. The predicted molar refractivity (Wildman–Crippen MR) is 146 cm³/mol. The Morgan fingerprint density at radius 3 is 1.28 bits per heavy atom. The van der Waals surface area contributed by atoms with Crippen LogP contribution in [-0.4, -0.2) is 60.4 Å². The summed E-state index contributed by atoms with van der Waals surface area (Å²) in [6, 6.07) is 31.5. The third-order valence-electron chi connectivity index (χ3n) is 5.82. The molecule has 0 aliphatic heterocycles. The highest BCUT2D eigenvalue weighted by Crippen LogP contribution is 2.23. The molecule has 200 valence electrons. The average Bonchev–Trinajstić information content (AvgIpc) is 2.99. The molecule has 0 aliphatic carbocycles. The van der Waals surface area contributed by atoms with Crippen molar-refractivity contribution in [3.05, 3.63) is 131 Å². The second kappa shape index (κ2) is 14.0. The van der Waals surface area contributed by atoms with E-state index in [2.05, 4.69) is 0 Å². The first-order chi connectivity index (χ1) is 19.0. The molecule has 2 unspecified atom stereocenters. The Balaban J connectivity index is 1.22. The van der Waals surface area contributed by atoms with Gasteiger partial charge in [0.2, 0.25) is 0 Å². The fourth-order valence-corrected chi connectivity index (χ4v) is 3.86. The zero-order valence-corrected chi connectivity index (χ0v) is 21.3. The van der Waals surface area contributed by atoms with Gasteiger partial charge >= 0.3 is 0 Å². The maximum Gasteiger partial charge on any atom is 0.196 e. The van der Waals surface area contributed by atoms with Gasteiger partial charge < -0.3 is 24.4 Å². The number of aliphatic hydroxyl groups is 2. The van der Waals surface area contributed by atoms with E-state index in [1.807, 2.05) is 12.1 Å². The molecule has 0 saturated carbocycles. The van der Waals surface area contributed by atoms with Crippen LogP contribution in [0.3, 0.4) is 0 Å². The van der Waals surface area contributed by atoms with Crippen LogP contribution in [-0.2, 0) is 4.74 Å². The van der Waals surface area contributed by atoms with E-state index in [1.54, 1.807) is 97.1 Å². The van der Waals surface area contributed by atoms with Gasteiger partial charge in [-0.25, -0.2) is 0 Å². The molecule has 2 N–H and O–H groups in total. The highest BCUT2D eigenvalue weighted by atomic mass is 16.5. The summed E-state index contributed by atoms with van der Waals surface area (Å²) >= 11 is 0. The molecule has 7 nitrogen and oxygen atoms in total. The Morgan fingerprint density at radius 2 is 0.872 bits per heavy atom. The molecule has 0 saturated heterocycles. The Morgan fingerprint density at radius 1 is 0.513 bits per heavy atom. The zero-order chi connectivity index (χ0) is 27.5. The Hall–Kier alpha value is -4.30. The molecule has 2 atom stereocenters. The molecule has 0 spiro atoms. The van der Waals surface area contributed by atoms with Gasteiger partial charge in [0, 0.05) is 11.1 Å². The van der Waals surface area contributed by atoms with Crippen molar-refractivity contribution < 1.29 is 34.0 Å². The number of benzene rings is 4. The van der Waals surface area contributed by atoms with Crippen LogP contribution in [0.25, 0.3) is 0 Å². The van der Waals surface area contributed by atoms with Crippen molar-refractivity contribution in [1.82, 2.24) is 0 Å². The third-order valence-corrected chi connectivity index (χ3v) is 5.82. The van der Waals surface area contributed by atoms with E-state index in [1.165, 1.54) is 0 Å². The van der Waals surface area contributed by atoms with E-state index in [-0.39, 0.29) is 38.0 Å². The summed E-state index contributed by atoms with van der Waals surface area (Å²) in [4.78, 5) is 25.7. The fourth-order valence-electron chi connectivity index (χ4n) is 3.86.